The number of carbonyl (C=O) groups excluding carboxylic acids is 2. The maximum atomic E-state index is 11.8. The van der Waals surface area contributed by atoms with Crippen LogP contribution < -0.4 is 10.6 Å². The van der Waals surface area contributed by atoms with Crippen LogP contribution in [-0.2, 0) is 15.2 Å². The van der Waals surface area contributed by atoms with Gasteiger partial charge in [-0.05, 0) is 25.1 Å². The van der Waals surface area contributed by atoms with Crippen molar-refractivity contribution in [3.63, 3.8) is 0 Å². The molecule has 0 fully saturated rings. The topological polar surface area (TPSA) is 135 Å². The van der Waals surface area contributed by atoms with Crippen molar-refractivity contribution in [3.8, 4) is 0 Å². The first kappa shape index (κ1) is 17.2. The van der Waals surface area contributed by atoms with Crippen LogP contribution in [0.25, 0.3) is 0 Å². The number of rotatable bonds is 5. The molecule has 0 radical (unpaired) electrons. The second-order valence-corrected chi connectivity index (χ2v) is 5.16. The standard InChI is InChI=1S/C15H15N3O6/c1-15(21,12-7-4-8-24-12)9-16-13(19)14(20)17-10-5-2-3-6-11(10)18(22)23/h2-8,21H,9H2,1H3,(H,16,19)(H,17,20). The Morgan fingerprint density at radius 2 is 1.96 bits per heavy atom. The number of nitrogens with one attached hydrogen (secondary N) is 2. The summed E-state index contributed by atoms with van der Waals surface area (Å²) in [5.74, 6) is -1.90. The van der Waals surface area contributed by atoms with E-state index in [1.165, 1.54) is 43.5 Å². The van der Waals surface area contributed by atoms with E-state index >= 15 is 0 Å². The molecule has 2 aromatic rings. The highest BCUT2D eigenvalue weighted by Crippen LogP contribution is 2.23. The van der Waals surface area contributed by atoms with Crippen molar-refractivity contribution >= 4 is 23.2 Å². The Labute approximate surface area is 136 Å². The van der Waals surface area contributed by atoms with Crippen LogP contribution in [0, 0.1) is 10.1 Å². The van der Waals surface area contributed by atoms with E-state index in [2.05, 4.69) is 10.6 Å². The van der Waals surface area contributed by atoms with E-state index in [4.69, 9.17) is 4.42 Å². The molecule has 24 heavy (non-hydrogen) atoms. The molecule has 0 aliphatic carbocycles. The Kier molecular flexibility index (Phi) is 4.95. The molecule has 126 valence electrons. The molecule has 0 spiro atoms. The summed E-state index contributed by atoms with van der Waals surface area (Å²) in [6.45, 7) is 1.13. The van der Waals surface area contributed by atoms with Crippen LogP contribution in [0.2, 0.25) is 0 Å². The fourth-order valence-corrected chi connectivity index (χ4v) is 1.92. The van der Waals surface area contributed by atoms with E-state index in [1.807, 2.05) is 0 Å². The van der Waals surface area contributed by atoms with Crippen LogP contribution in [0.1, 0.15) is 12.7 Å². The molecule has 0 saturated heterocycles. The number of aliphatic hydroxyl groups is 1. The van der Waals surface area contributed by atoms with Crippen molar-refractivity contribution in [2.45, 2.75) is 12.5 Å². The fraction of sp³-hybridized carbons (Fsp3) is 0.200. The predicted molar refractivity (Wildman–Crippen MR) is 83.0 cm³/mol. The highest BCUT2D eigenvalue weighted by atomic mass is 16.6. The van der Waals surface area contributed by atoms with E-state index in [0.717, 1.165) is 0 Å². The summed E-state index contributed by atoms with van der Waals surface area (Å²) in [5.41, 5.74) is -1.93. The zero-order chi connectivity index (χ0) is 17.7. The Morgan fingerprint density at radius 3 is 2.58 bits per heavy atom. The van der Waals surface area contributed by atoms with Crippen molar-refractivity contribution in [1.82, 2.24) is 5.32 Å². The summed E-state index contributed by atoms with van der Waals surface area (Å²) in [6.07, 6.45) is 1.37. The molecule has 1 heterocycles. The van der Waals surface area contributed by atoms with Crippen LogP contribution in [-0.4, -0.2) is 28.4 Å². The van der Waals surface area contributed by atoms with Gasteiger partial charge in [0.1, 0.15) is 17.0 Å². The predicted octanol–water partition coefficient (Wildman–Crippen LogP) is 1.15. The number of benzene rings is 1. The molecule has 0 saturated carbocycles. The van der Waals surface area contributed by atoms with Gasteiger partial charge in [0.15, 0.2) is 0 Å². The van der Waals surface area contributed by atoms with Crippen LogP contribution in [0.5, 0.6) is 0 Å². The number of hydrogen-bond donors (Lipinski definition) is 3. The summed E-state index contributed by atoms with van der Waals surface area (Å²) in [4.78, 5) is 33.9. The first-order chi connectivity index (χ1) is 11.3. The van der Waals surface area contributed by atoms with Gasteiger partial charge >= 0.3 is 11.8 Å². The van der Waals surface area contributed by atoms with Gasteiger partial charge in [-0.3, -0.25) is 19.7 Å². The molecule has 0 bridgehead atoms. The second kappa shape index (κ2) is 6.92. The van der Waals surface area contributed by atoms with Crippen molar-refractivity contribution in [2.24, 2.45) is 0 Å². The number of nitro benzene ring substituents is 1. The summed E-state index contributed by atoms with van der Waals surface area (Å²) in [6, 6.07) is 8.54. The minimum Gasteiger partial charge on any atom is -0.466 e. The largest absolute Gasteiger partial charge is 0.466 e. The van der Waals surface area contributed by atoms with E-state index in [1.54, 1.807) is 6.07 Å². The molecule has 2 amide bonds. The lowest BCUT2D eigenvalue weighted by atomic mass is 10.0. The Bertz CT molecular complexity index is 754. The van der Waals surface area contributed by atoms with Gasteiger partial charge in [0.2, 0.25) is 0 Å². The van der Waals surface area contributed by atoms with Gasteiger partial charge in [-0.25, -0.2) is 0 Å². The number of nitro groups is 1. The van der Waals surface area contributed by atoms with Gasteiger partial charge in [-0.2, -0.15) is 0 Å². The van der Waals surface area contributed by atoms with E-state index < -0.39 is 22.3 Å². The van der Waals surface area contributed by atoms with Gasteiger partial charge in [0.25, 0.3) is 5.69 Å². The SMILES string of the molecule is CC(O)(CNC(=O)C(=O)Nc1ccccc1[N+](=O)[O-])c1ccco1. The average Bonchev–Trinajstić information content (AvgIpc) is 3.08. The number of hydrogen-bond acceptors (Lipinski definition) is 6. The molecule has 1 aromatic carbocycles. The van der Waals surface area contributed by atoms with Gasteiger partial charge in [-0.15, -0.1) is 0 Å². The fourth-order valence-electron chi connectivity index (χ4n) is 1.92. The molecule has 9 heteroatoms. The maximum absolute atomic E-state index is 11.8. The van der Waals surface area contributed by atoms with Crippen LogP contribution in [0.15, 0.2) is 47.1 Å². The number of nitrogens with zero attached hydrogens (tertiary/aromatic N) is 1. The molecule has 3 N–H and O–H groups in total. The van der Waals surface area contributed by atoms with Crippen molar-refractivity contribution in [3.05, 3.63) is 58.5 Å². The third-order valence-corrected chi connectivity index (χ3v) is 3.20. The molecule has 1 unspecified atom stereocenters. The number of amides is 2. The van der Waals surface area contributed by atoms with E-state index in [-0.39, 0.29) is 23.7 Å². The number of carbonyl (C=O) groups is 2. The molecular weight excluding hydrogens is 318 g/mol. The molecule has 2 rings (SSSR count). The summed E-state index contributed by atoms with van der Waals surface area (Å²) in [5, 5.41) is 25.5. The van der Waals surface area contributed by atoms with Crippen molar-refractivity contribution in [2.75, 3.05) is 11.9 Å². The number of para-hydroxylation sites is 2. The number of furan rings is 1. The van der Waals surface area contributed by atoms with Gasteiger partial charge in [0, 0.05) is 6.07 Å². The molecule has 1 atom stereocenters. The molecule has 1 aromatic heterocycles. The van der Waals surface area contributed by atoms with Gasteiger partial charge < -0.3 is 20.2 Å². The summed E-state index contributed by atoms with van der Waals surface area (Å²) in [7, 11) is 0. The smallest absolute Gasteiger partial charge is 0.313 e. The first-order valence-corrected chi connectivity index (χ1v) is 6.90. The van der Waals surface area contributed by atoms with Crippen molar-refractivity contribution in [1.29, 1.82) is 0 Å². The normalized spacial score (nSPS) is 12.9. The minimum absolute atomic E-state index is 0.0968. The lowest BCUT2D eigenvalue weighted by Gasteiger charge is -2.20. The molecular formula is C15H15N3O6. The second-order valence-electron chi connectivity index (χ2n) is 5.16. The summed E-state index contributed by atoms with van der Waals surface area (Å²) < 4.78 is 5.05. The van der Waals surface area contributed by atoms with Crippen LogP contribution in [0.3, 0.4) is 0 Å². The van der Waals surface area contributed by atoms with Crippen LogP contribution in [0.4, 0.5) is 11.4 Å². The molecule has 0 aliphatic rings. The van der Waals surface area contributed by atoms with Crippen LogP contribution >= 0.6 is 0 Å². The van der Waals surface area contributed by atoms with Crippen molar-refractivity contribution < 1.29 is 24.0 Å². The minimum atomic E-state index is -1.50. The summed E-state index contributed by atoms with van der Waals surface area (Å²) >= 11 is 0. The third kappa shape index (κ3) is 3.96. The Hall–Kier alpha value is -3.20. The highest BCUT2D eigenvalue weighted by molar-refractivity contribution is 6.39. The van der Waals surface area contributed by atoms with E-state index in [9.17, 15) is 24.8 Å². The van der Waals surface area contributed by atoms with E-state index in [0.29, 0.717) is 0 Å². The maximum Gasteiger partial charge on any atom is 0.313 e. The molecule has 9 nitrogen and oxygen atoms in total. The quantitative estimate of drug-likeness (QED) is 0.427. The van der Waals surface area contributed by atoms with Gasteiger partial charge in [-0.1, -0.05) is 12.1 Å². The molecule has 0 aliphatic heterocycles. The lowest BCUT2D eigenvalue weighted by molar-refractivity contribution is -0.383. The van der Waals surface area contributed by atoms with Gasteiger partial charge in [0.05, 0.1) is 17.7 Å². The monoisotopic (exact) mass is 333 g/mol. The zero-order valence-corrected chi connectivity index (χ0v) is 12.7. The number of anilines is 1. The first-order valence-electron chi connectivity index (χ1n) is 6.90. The highest BCUT2D eigenvalue weighted by Gasteiger charge is 2.28. The Morgan fingerprint density at radius 1 is 1.25 bits per heavy atom. The lowest BCUT2D eigenvalue weighted by Crippen LogP contribution is -2.43. The average molecular weight is 333 g/mol. The third-order valence-electron chi connectivity index (χ3n) is 3.20. The zero-order valence-electron chi connectivity index (χ0n) is 12.7. The Balaban J connectivity index is 1.98.